The van der Waals surface area contributed by atoms with Crippen LogP contribution in [0.25, 0.3) is 33.3 Å². The highest BCUT2D eigenvalue weighted by Crippen LogP contribution is 2.35. The van der Waals surface area contributed by atoms with Crippen LogP contribution < -0.4 is 0 Å². The lowest BCUT2D eigenvalue weighted by molar-refractivity contribution is 0.282. The van der Waals surface area contributed by atoms with Gasteiger partial charge in [-0.2, -0.15) is 0 Å². The lowest BCUT2D eigenvalue weighted by Gasteiger charge is -2.13. The van der Waals surface area contributed by atoms with Gasteiger partial charge in [-0.05, 0) is 39.2 Å². The van der Waals surface area contributed by atoms with E-state index in [1.807, 2.05) is 66.7 Å². The molecule has 3 aromatic carbocycles. The Balaban J connectivity index is 2.02. The van der Waals surface area contributed by atoms with Gasteiger partial charge in [0, 0.05) is 16.5 Å². The van der Waals surface area contributed by atoms with Gasteiger partial charge in [-0.3, -0.25) is 0 Å². The second kappa shape index (κ2) is 6.98. The van der Waals surface area contributed by atoms with Crippen molar-refractivity contribution in [1.82, 2.24) is 4.98 Å². The Morgan fingerprint density at radius 3 is 2.31 bits per heavy atom. The van der Waals surface area contributed by atoms with Crippen LogP contribution in [0.5, 0.6) is 0 Å². The van der Waals surface area contributed by atoms with Crippen molar-refractivity contribution >= 4 is 26.8 Å². The normalized spacial score (nSPS) is 11.0. The summed E-state index contributed by atoms with van der Waals surface area (Å²) >= 11 is 3.24. The fraction of sp³-hybridized carbons (Fsp3) is 0.0455. The summed E-state index contributed by atoms with van der Waals surface area (Å²) in [5, 5.41) is 10.0. The molecule has 0 spiro atoms. The zero-order valence-electron chi connectivity index (χ0n) is 13.8. The minimum absolute atomic E-state index is 0.0153. The third-order valence-electron chi connectivity index (χ3n) is 4.37. The number of pyridine rings is 1. The number of fused-ring (bicyclic) bond motifs is 1. The molecule has 1 heterocycles. The molecular formula is C22H15BrFNO. The van der Waals surface area contributed by atoms with E-state index in [1.54, 1.807) is 6.07 Å². The maximum absolute atomic E-state index is 14.6. The number of hydrogen-bond acceptors (Lipinski definition) is 2. The van der Waals surface area contributed by atoms with Crippen LogP contribution in [0.15, 0.2) is 77.3 Å². The Labute approximate surface area is 159 Å². The predicted molar refractivity (Wildman–Crippen MR) is 106 cm³/mol. The molecule has 0 saturated carbocycles. The standard InChI is InChI=1S/C22H15BrFNO/c23-19-11-10-17-12-18(15-4-2-1-3-5-15)21(25-22(17)20(19)24)16-8-6-14(13-26)7-9-16/h1-12,26H,13H2. The van der Waals surface area contributed by atoms with E-state index < -0.39 is 0 Å². The van der Waals surface area contributed by atoms with Crippen molar-refractivity contribution < 1.29 is 9.50 Å². The first-order valence-corrected chi connectivity index (χ1v) is 9.01. The summed E-state index contributed by atoms with van der Waals surface area (Å²) in [7, 11) is 0. The summed E-state index contributed by atoms with van der Waals surface area (Å²) in [5.74, 6) is -0.365. The van der Waals surface area contributed by atoms with Crippen LogP contribution in [-0.4, -0.2) is 10.1 Å². The number of aliphatic hydroxyl groups excluding tert-OH is 1. The Morgan fingerprint density at radius 1 is 0.885 bits per heavy atom. The molecule has 0 fully saturated rings. The molecule has 2 nitrogen and oxygen atoms in total. The molecule has 0 radical (unpaired) electrons. The molecule has 128 valence electrons. The summed E-state index contributed by atoms with van der Waals surface area (Å²) in [6.07, 6.45) is 0. The second-order valence-corrected chi connectivity index (χ2v) is 6.89. The number of hydrogen-bond donors (Lipinski definition) is 1. The van der Waals surface area contributed by atoms with Crippen molar-refractivity contribution in [2.24, 2.45) is 0 Å². The molecule has 1 N–H and O–H groups in total. The van der Waals surface area contributed by atoms with Crippen molar-refractivity contribution in [3.8, 4) is 22.4 Å². The van der Waals surface area contributed by atoms with Gasteiger partial charge in [0.1, 0.15) is 5.52 Å². The minimum atomic E-state index is -0.365. The van der Waals surface area contributed by atoms with Gasteiger partial charge in [-0.15, -0.1) is 0 Å². The maximum Gasteiger partial charge on any atom is 0.163 e. The molecule has 4 aromatic rings. The highest BCUT2D eigenvalue weighted by Gasteiger charge is 2.15. The predicted octanol–water partition coefficient (Wildman–Crippen LogP) is 5.96. The van der Waals surface area contributed by atoms with Crippen LogP contribution in [0, 0.1) is 5.82 Å². The zero-order chi connectivity index (χ0) is 18.1. The van der Waals surface area contributed by atoms with Gasteiger partial charge < -0.3 is 5.11 Å². The summed E-state index contributed by atoms with van der Waals surface area (Å²) < 4.78 is 15.0. The van der Waals surface area contributed by atoms with Crippen molar-refractivity contribution in [2.45, 2.75) is 6.61 Å². The summed E-state index contributed by atoms with van der Waals surface area (Å²) in [4.78, 5) is 4.67. The maximum atomic E-state index is 14.6. The van der Waals surface area contributed by atoms with Gasteiger partial charge in [0.2, 0.25) is 0 Å². The van der Waals surface area contributed by atoms with Crippen molar-refractivity contribution in [3.05, 3.63) is 88.6 Å². The molecule has 0 aliphatic heterocycles. The van der Waals surface area contributed by atoms with E-state index in [0.29, 0.717) is 15.7 Å². The average Bonchev–Trinajstić information content (AvgIpc) is 2.71. The Morgan fingerprint density at radius 2 is 1.62 bits per heavy atom. The van der Waals surface area contributed by atoms with Gasteiger partial charge >= 0.3 is 0 Å². The van der Waals surface area contributed by atoms with Gasteiger partial charge in [0.15, 0.2) is 5.82 Å². The van der Waals surface area contributed by atoms with E-state index in [2.05, 4.69) is 20.9 Å². The molecule has 1 aromatic heterocycles. The lowest BCUT2D eigenvalue weighted by Crippen LogP contribution is -1.94. The lowest BCUT2D eigenvalue weighted by atomic mass is 9.97. The smallest absolute Gasteiger partial charge is 0.163 e. The molecule has 4 heteroatoms. The zero-order valence-corrected chi connectivity index (χ0v) is 15.4. The number of aliphatic hydroxyl groups is 1. The number of benzene rings is 3. The first-order valence-electron chi connectivity index (χ1n) is 8.22. The van der Waals surface area contributed by atoms with Gasteiger partial charge in [-0.1, -0.05) is 60.7 Å². The van der Waals surface area contributed by atoms with Crippen LogP contribution in [-0.2, 0) is 6.61 Å². The van der Waals surface area contributed by atoms with E-state index in [1.165, 1.54) is 0 Å². The van der Waals surface area contributed by atoms with E-state index in [4.69, 9.17) is 0 Å². The van der Waals surface area contributed by atoms with Crippen LogP contribution in [0.4, 0.5) is 4.39 Å². The fourth-order valence-corrected chi connectivity index (χ4v) is 3.33. The van der Waals surface area contributed by atoms with Crippen molar-refractivity contribution in [2.75, 3.05) is 0 Å². The molecule has 4 rings (SSSR count). The van der Waals surface area contributed by atoms with Gasteiger partial charge in [-0.25, -0.2) is 9.37 Å². The topological polar surface area (TPSA) is 33.1 Å². The van der Waals surface area contributed by atoms with Crippen molar-refractivity contribution in [1.29, 1.82) is 0 Å². The molecule has 26 heavy (non-hydrogen) atoms. The molecule has 0 unspecified atom stereocenters. The van der Waals surface area contributed by atoms with Gasteiger partial charge in [0.25, 0.3) is 0 Å². The molecule has 0 bridgehead atoms. The number of nitrogens with zero attached hydrogens (tertiary/aromatic N) is 1. The molecule has 0 amide bonds. The SMILES string of the molecule is OCc1ccc(-c2nc3c(F)c(Br)ccc3cc2-c2ccccc2)cc1. The largest absolute Gasteiger partial charge is 0.392 e. The third-order valence-corrected chi connectivity index (χ3v) is 4.99. The first-order chi connectivity index (χ1) is 12.7. The van der Waals surface area contributed by atoms with Crippen LogP contribution in [0.1, 0.15) is 5.56 Å². The number of halogens is 2. The Bertz CT molecular complexity index is 1080. The fourth-order valence-electron chi connectivity index (χ4n) is 3.01. The van der Waals surface area contributed by atoms with E-state index in [-0.39, 0.29) is 12.4 Å². The quantitative estimate of drug-likeness (QED) is 0.454. The van der Waals surface area contributed by atoms with Crippen LogP contribution in [0.3, 0.4) is 0 Å². The Kier molecular flexibility index (Phi) is 4.53. The van der Waals surface area contributed by atoms with Gasteiger partial charge in [0.05, 0.1) is 16.8 Å². The van der Waals surface area contributed by atoms with E-state index >= 15 is 0 Å². The van der Waals surface area contributed by atoms with Crippen molar-refractivity contribution in [3.63, 3.8) is 0 Å². The van der Waals surface area contributed by atoms with E-state index in [0.717, 1.165) is 27.6 Å². The highest BCUT2D eigenvalue weighted by atomic mass is 79.9. The highest BCUT2D eigenvalue weighted by molar-refractivity contribution is 9.10. The Hall–Kier alpha value is -2.56. The molecular weight excluding hydrogens is 393 g/mol. The average molecular weight is 408 g/mol. The molecule has 0 saturated heterocycles. The molecule has 0 atom stereocenters. The molecule has 0 aliphatic rings. The summed E-state index contributed by atoms with van der Waals surface area (Å²) in [5.41, 5.74) is 4.71. The third kappa shape index (κ3) is 3.02. The monoisotopic (exact) mass is 407 g/mol. The first kappa shape index (κ1) is 16.9. The molecule has 0 aliphatic carbocycles. The number of aromatic nitrogens is 1. The second-order valence-electron chi connectivity index (χ2n) is 6.04. The number of rotatable bonds is 3. The van der Waals surface area contributed by atoms with E-state index in [9.17, 15) is 9.50 Å². The van der Waals surface area contributed by atoms with Crippen LogP contribution >= 0.6 is 15.9 Å². The van der Waals surface area contributed by atoms with Crippen LogP contribution in [0.2, 0.25) is 0 Å². The summed E-state index contributed by atoms with van der Waals surface area (Å²) in [6, 6.07) is 23.0. The minimum Gasteiger partial charge on any atom is -0.392 e. The summed E-state index contributed by atoms with van der Waals surface area (Å²) in [6.45, 7) is -0.0153.